The molecule has 4 rings (SSSR count). The molecule has 24 heavy (non-hydrogen) atoms. The first kappa shape index (κ1) is 14.7. The molecule has 0 amide bonds. The van der Waals surface area contributed by atoms with Crippen LogP contribution >= 0.6 is 0 Å². The summed E-state index contributed by atoms with van der Waals surface area (Å²) in [6.07, 6.45) is 10.3. The minimum atomic E-state index is -0.741. The fraction of sp³-hybridized carbons (Fsp3) is 0.222. The van der Waals surface area contributed by atoms with Crippen molar-refractivity contribution in [2.45, 2.75) is 12.5 Å². The first-order valence-electron chi connectivity index (χ1n) is 7.60. The predicted molar refractivity (Wildman–Crippen MR) is 86.0 cm³/mol. The Balaban J connectivity index is 1.59. The lowest BCUT2D eigenvalue weighted by Gasteiger charge is -2.26. The topological polar surface area (TPSA) is 70.1 Å². The zero-order valence-electron chi connectivity index (χ0n) is 13.3. The molecule has 2 aliphatic carbocycles. The van der Waals surface area contributed by atoms with E-state index in [-0.39, 0.29) is 17.3 Å². The Morgan fingerprint density at radius 3 is 2.50 bits per heavy atom. The molecule has 2 heterocycles. The summed E-state index contributed by atoms with van der Waals surface area (Å²) >= 11 is 0. The van der Waals surface area contributed by atoms with Gasteiger partial charge < -0.3 is 19.6 Å². The highest BCUT2D eigenvalue weighted by Crippen LogP contribution is 2.34. The molecule has 2 atom stereocenters. The number of carbonyl (C=O) groups is 2. The zero-order valence-corrected chi connectivity index (χ0v) is 13.3. The maximum Gasteiger partial charge on any atom is 0.222 e. The van der Waals surface area contributed by atoms with Gasteiger partial charge in [0.05, 0.1) is 5.70 Å². The quantitative estimate of drug-likeness (QED) is 0.809. The average Bonchev–Trinajstić information content (AvgIpc) is 2.99. The molecule has 2 unspecified atom stereocenters. The van der Waals surface area contributed by atoms with Gasteiger partial charge in [-0.3, -0.25) is 9.59 Å². The Morgan fingerprint density at radius 2 is 1.71 bits per heavy atom. The SMILES string of the molecule is CN1C2=CC(=O)C(OC3C=C4C=CC(=O)C=C4N3C)=CC2=CC1O. The smallest absolute Gasteiger partial charge is 0.222 e. The van der Waals surface area contributed by atoms with Gasteiger partial charge in [-0.15, -0.1) is 0 Å². The summed E-state index contributed by atoms with van der Waals surface area (Å²) < 4.78 is 5.87. The minimum absolute atomic E-state index is 0.0664. The van der Waals surface area contributed by atoms with E-state index in [2.05, 4.69) is 0 Å². The second-order valence-corrected chi connectivity index (χ2v) is 6.06. The van der Waals surface area contributed by atoms with Crippen LogP contribution in [0.4, 0.5) is 0 Å². The van der Waals surface area contributed by atoms with Crippen molar-refractivity contribution in [1.82, 2.24) is 9.80 Å². The van der Waals surface area contributed by atoms with Crippen LogP contribution < -0.4 is 0 Å². The summed E-state index contributed by atoms with van der Waals surface area (Å²) in [5, 5.41) is 9.85. The summed E-state index contributed by atoms with van der Waals surface area (Å²) in [5.41, 5.74) is 3.13. The standard InChI is InChI=1S/C18H16N2O4/c1-19-14-9-15(22)16(5-11(14)6-17(19)23)24-18-7-10-3-4-12(21)8-13(10)20(18)2/h3-9,17-18,23H,1-2H3. The van der Waals surface area contributed by atoms with Crippen molar-refractivity contribution in [2.24, 2.45) is 0 Å². The van der Waals surface area contributed by atoms with Crippen LogP contribution in [0.25, 0.3) is 0 Å². The Hall–Kier alpha value is -2.86. The monoisotopic (exact) mass is 324 g/mol. The highest BCUT2D eigenvalue weighted by atomic mass is 16.5. The van der Waals surface area contributed by atoms with E-state index < -0.39 is 12.5 Å². The fourth-order valence-corrected chi connectivity index (χ4v) is 3.13. The number of rotatable bonds is 2. The number of hydrogen-bond acceptors (Lipinski definition) is 6. The van der Waals surface area contributed by atoms with Crippen LogP contribution in [0.2, 0.25) is 0 Å². The van der Waals surface area contributed by atoms with Crippen LogP contribution in [0.5, 0.6) is 0 Å². The lowest BCUT2D eigenvalue weighted by atomic mass is 10.0. The molecule has 6 nitrogen and oxygen atoms in total. The van der Waals surface area contributed by atoms with E-state index in [1.54, 1.807) is 36.3 Å². The molecule has 122 valence electrons. The van der Waals surface area contributed by atoms with Crippen molar-refractivity contribution in [3.05, 3.63) is 70.8 Å². The molecule has 0 fully saturated rings. The maximum absolute atomic E-state index is 12.3. The number of aliphatic hydroxyl groups excluding tert-OH is 1. The van der Waals surface area contributed by atoms with Crippen LogP contribution in [0.1, 0.15) is 0 Å². The minimum Gasteiger partial charge on any atom is -0.463 e. The molecule has 4 aliphatic rings. The summed E-state index contributed by atoms with van der Waals surface area (Å²) in [6.45, 7) is 0. The Bertz CT molecular complexity index is 841. The number of hydrogen-bond donors (Lipinski definition) is 1. The van der Waals surface area contributed by atoms with E-state index in [9.17, 15) is 14.7 Å². The van der Waals surface area contributed by atoms with Crippen molar-refractivity contribution < 1.29 is 19.4 Å². The highest BCUT2D eigenvalue weighted by Gasteiger charge is 2.33. The Labute approximate surface area is 139 Å². The van der Waals surface area contributed by atoms with Crippen molar-refractivity contribution in [1.29, 1.82) is 0 Å². The largest absolute Gasteiger partial charge is 0.463 e. The summed E-state index contributed by atoms with van der Waals surface area (Å²) in [5.74, 6) is -0.0931. The van der Waals surface area contributed by atoms with Crippen LogP contribution in [0, 0.1) is 0 Å². The van der Waals surface area contributed by atoms with Crippen LogP contribution in [-0.2, 0) is 14.3 Å². The summed E-state index contributed by atoms with van der Waals surface area (Å²) in [4.78, 5) is 27.3. The second-order valence-electron chi connectivity index (χ2n) is 6.06. The third-order valence-electron chi connectivity index (χ3n) is 4.53. The molecule has 1 N–H and O–H groups in total. The number of ketones is 2. The first-order valence-corrected chi connectivity index (χ1v) is 7.60. The van der Waals surface area contributed by atoms with E-state index in [0.717, 1.165) is 16.8 Å². The van der Waals surface area contributed by atoms with Crippen molar-refractivity contribution in [3.8, 4) is 0 Å². The Kier molecular flexibility index (Phi) is 3.11. The second kappa shape index (κ2) is 5.07. The molecule has 0 spiro atoms. The van der Waals surface area contributed by atoms with Gasteiger partial charge in [-0.2, -0.15) is 0 Å². The van der Waals surface area contributed by atoms with Gasteiger partial charge in [-0.1, -0.05) is 0 Å². The number of nitrogens with zero attached hydrogens (tertiary/aromatic N) is 2. The molecule has 0 radical (unpaired) electrons. The molecule has 0 aromatic rings. The van der Waals surface area contributed by atoms with Gasteiger partial charge >= 0.3 is 0 Å². The van der Waals surface area contributed by atoms with Crippen LogP contribution in [0.3, 0.4) is 0 Å². The number of carbonyl (C=O) groups excluding carboxylic acids is 2. The molecule has 0 bridgehead atoms. The van der Waals surface area contributed by atoms with Crippen LogP contribution in [0.15, 0.2) is 70.8 Å². The molecule has 6 heteroatoms. The molecule has 0 aromatic carbocycles. The van der Waals surface area contributed by atoms with Gasteiger partial charge in [0.15, 0.2) is 17.8 Å². The van der Waals surface area contributed by atoms with E-state index in [4.69, 9.17) is 4.74 Å². The molecule has 0 saturated heterocycles. The van der Waals surface area contributed by atoms with Crippen molar-refractivity contribution in [3.63, 3.8) is 0 Å². The van der Waals surface area contributed by atoms with Crippen molar-refractivity contribution in [2.75, 3.05) is 14.1 Å². The molecular weight excluding hydrogens is 308 g/mol. The zero-order chi connectivity index (χ0) is 17.0. The normalized spacial score (nSPS) is 28.0. The van der Waals surface area contributed by atoms with E-state index in [1.807, 2.05) is 18.0 Å². The number of ether oxygens (including phenoxy) is 1. The van der Waals surface area contributed by atoms with E-state index >= 15 is 0 Å². The third-order valence-corrected chi connectivity index (χ3v) is 4.53. The Morgan fingerprint density at radius 1 is 0.958 bits per heavy atom. The maximum atomic E-state index is 12.3. The van der Waals surface area contributed by atoms with E-state index in [1.165, 1.54) is 12.2 Å². The molecule has 0 saturated carbocycles. The molecule has 2 aliphatic heterocycles. The number of allylic oxidation sites excluding steroid dienone is 5. The van der Waals surface area contributed by atoms with Gasteiger partial charge in [0.2, 0.25) is 5.78 Å². The van der Waals surface area contributed by atoms with Gasteiger partial charge in [0.1, 0.15) is 6.23 Å². The highest BCUT2D eigenvalue weighted by molar-refractivity contribution is 6.05. The third kappa shape index (κ3) is 2.15. The lowest BCUT2D eigenvalue weighted by Crippen LogP contribution is -2.30. The van der Waals surface area contributed by atoms with E-state index in [0.29, 0.717) is 5.70 Å². The lowest BCUT2D eigenvalue weighted by molar-refractivity contribution is -0.116. The summed E-state index contributed by atoms with van der Waals surface area (Å²) in [7, 11) is 3.54. The number of likely N-dealkylation sites (N-methyl/N-ethyl adjacent to an activating group) is 2. The van der Waals surface area contributed by atoms with Gasteiger partial charge in [-0.25, -0.2) is 0 Å². The fourth-order valence-electron chi connectivity index (χ4n) is 3.13. The molecule has 0 aromatic heterocycles. The number of fused-ring (bicyclic) bond motifs is 2. The average molecular weight is 324 g/mol. The van der Waals surface area contributed by atoms with Crippen LogP contribution in [-0.4, -0.2) is 53.0 Å². The van der Waals surface area contributed by atoms with Crippen molar-refractivity contribution >= 4 is 11.6 Å². The molecular formula is C18H16N2O4. The first-order chi connectivity index (χ1) is 11.4. The van der Waals surface area contributed by atoms with Gasteiger partial charge in [-0.05, 0) is 36.0 Å². The predicted octanol–water partition coefficient (Wildman–Crippen LogP) is 0.764. The van der Waals surface area contributed by atoms with Gasteiger partial charge in [0.25, 0.3) is 0 Å². The summed E-state index contributed by atoms with van der Waals surface area (Å²) in [6, 6.07) is 0. The van der Waals surface area contributed by atoms with Gasteiger partial charge in [0, 0.05) is 37.5 Å². The number of aliphatic hydroxyl groups is 1.